The molecule has 23 heavy (non-hydrogen) atoms. The molecule has 8 nitrogen and oxygen atoms in total. The summed E-state index contributed by atoms with van der Waals surface area (Å²) in [6.07, 6.45) is 2.65. The van der Waals surface area contributed by atoms with E-state index in [1.165, 1.54) is 18.7 Å². The van der Waals surface area contributed by atoms with Crippen LogP contribution < -0.4 is 5.32 Å². The van der Waals surface area contributed by atoms with Gasteiger partial charge in [0.2, 0.25) is 11.7 Å². The summed E-state index contributed by atoms with van der Waals surface area (Å²) >= 11 is 2.37. The van der Waals surface area contributed by atoms with Crippen LogP contribution in [0.15, 0.2) is 0 Å². The zero-order chi connectivity index (χ0) is 17.8. The molecule has 0 aliphatic rings. The third-order valence-electron chi connectivity index (χ3n) is 2.68. The van der Waals surface area contributed by atoms with Gasteiger partial charge in [-0.2, -0.15) is 16.6 Å². The average Bonchev–Trinajstić information content (AvgIpc) is 2.47. The number of carbonyl (C=O) groups is 4. The first kappa shape index (κ1) is 21.4. The number of carboxylic acids is 1. The van der Waals surface area contributed by atoms with E-state index in [0.717, 1.165) is 11.8 Å². The molecule has 1 amide bonds. The Labute approximate surface area is 142 Å². The van der Waals surface area contributed by atoms with Crippen molar-refractivity contribution in [3.05, 3.63) is 5.53 Å². The topological polar surface area (TPSA) is 137 Å². The van der Waals surface area contributed by atoms with Crippen LogP contribution >= 0.6 is 23.5 Å². The van der Waals surface area contributed by atoms with Gasteiger partial charge in [0.05, 0.1) is 5.25 Å². The maximum absolute atomic E-state index is 12.2. The predicted octanol–water partition coefficient (Wildman–Crippen LogP) is 0.607. The molecule has 128 valence electrons. The summed E-state index contributed by atoms with van der Waals surface area (Å²) in [5.41, 5.74) is 8.22. The third kappa shape index (κ3) is 9.88. The smallest absolute Gasteiger partial charge is 0.326 e. The summed E-state index contributed by atoms with van der Waals surface area (Å²) in [7, 11) is 0. The molecule has 10 heteroatoms. The van der Waals surface area contributed by atoms with Gasteiger partial charge in [-0.05, 0) is 24.9 Å². The Kier molecular flexibility index (Phi) is 11.0. The van der Waals surface area contributed by atoms with Crippen molar-refractivity contribution in [2.45, 2.75) is 37.5 Å². The minimum atomic E-state index is -1.27. The number of aliphatic carboxylic acids is 1. The van der Waals surface area contributed by atoms with Crippen molar-refractivity contribution in [1.29, 1.82) is 0 Å². The number of hydrogen-bond acceptors (Lipinski definition) is 6. The Morgan fingerprint density at radius 2 is 1.96 bits per heavy atom. The summed E-state index contributed by atoms with van der Waals surface area (Å²) in [5.74, 6) is -1.72. The number of hydrogen-bond donors (Lipinski definition) is 2. The minimum absolute atomic E-state index is 0.133. The molecule has 0 aliphatic carbocycles. The zero-order valence-corrected chi connectivity index (χ0v) is 14.5. The van der Waals surface area contributed by atoms with Crippen LogP contribution in [-0.4, -0.2) is 62.2 Å². The first-order valence-electron chi connectivity index (χ1n) is 6.71. The lowest BCUT2D eigenvalue weighted by Gasteiger charge is -2.18. The number of amides is 1. The molecule has 0 radical (unpaired) electrons. The van der Waals surface area contributed by atoms with Crippen LogP contribution in [0.3, 0.4) is 0 Å². The van der Waals surface area contributed by atoms with E-state index >= 15 is 0 Å². The van der Waals surface area contributed by atoms with E-state index in [1.54, 1.807) is 0 Å². The van der Waals surface area contributed by atoms with Crippen molar-refractivity contribution in [1.82, 2.24) is 5.32 Å². The second-order valence-corrected chi connectivity index (χ2v) is 6.89. The molecule has 0 aromatic heterocycles. The number of rotatable bonds is 11. The molecule has 0 aliphatic heterocycles. The molecule has 0 spiro atoms. The largest absolute Gasteiger partial charge is 0.480 e. The first-order chi connectivity index (χ1) is 10.8. The molecule has 0 bridgehead atoms. The molecular formula is C13H19N3O5S2. The van der Waals surface area contributed by atoms with Crippen LogP contribution in [0.2, 0.25) is 0 Å². The molecule has 0 rings (SSSR count). The summed E-state index contributed by atoms with van der Waals surface area (Å²) in [6.45, 7) is 1.34. The minimum Gasteiger partial charge on any atom is -0.480 e. The lowest BCUT2D eigenvalue weighted by Crippen LogP contribution is -2.45. The second-order valence-electron chi connectivity index (χ2n) is 4.53. The van der Waals surface area contributed by atoms with Gasteiger partial charge in [0.15, 0.2) is 5.12 Å². The Hall–Kier alpha value is -1.64. The number of carboxylic acid groups (broad SMARTS) is 1. The highest BCUT2D eigenvalue weighted by atomic mass is 32.2. The monoisotopic (exact) mass is 361 g/mol. The van der Waals surface area contributed by atoms with Gasteiger partial charge in [0.1, 0.15) is 6.04 Å². The lowest BCUT2D eigenvalue weighted by molar-refractivity contribution is -0.142. The third-order valence-corrected chi connectivity index (χ3v) is 4.39. The van der Waals surface area contributed by atoms with Gasteiger partial charge in [-0.25, -0.2) is 4.79 Å². The number of thioether (sulfide) groups is 2. The lowest BCUT2D eigenvalue weighted by atomic mass is 10.1. The van der Waals surface area contributed by atoms with Crippen LogP contribution in [0.25, 0.3) is 5.53 Å². The van der Waals surface area contributed by atoms with Gasteiger partial charge in [-0.1, -0.05) is 11.8 Å². The van der Waals surface area contributed by atoms with Crippen LogP contribution in [-0.2, 0) is 19.2 Å². The molecular weight excluding hydrogens is 342 g/mol. The average molecular weight is 361 g/mol. The highest BCUT2D eigenvalue weighted by molar-refractivity contribution is 8.14. The first-order valence-corrected chi connectivity index (χ1v) is 8.98. The van der Waals surface area contributed by atoms with Crippen molar-refractivity contribution in [2.75, 3.05) is 12.0 Å². The summed E-state index contributed by atoms with van der Waals surface area (Å²) in [5, 5.41) is 10.6. The van der Waals surface area contributed by atoms with Crippen molar-refractivity contribution in [3.63, 3.8) is 0 Å². The summed E-state index contributed by atoms with van der Waals surface area (Å²) < 4.78 is 0. The molecule has 0 saturated heterocycles. The van der Waals surface area contributed by atoms with Gasteiger partial charge < -0.3 is 16.0 Å². The molecule has 0 heterocycles. The van der Waals surface area contributed by atoms with E-state index in [9.17, 15) is 19.2 Å². The SMILES string of the molecule is CSCC[C@H](SC(C)=O)C(=O)N[C@@H](CCC(=O)C=[N+]=[N-])C(=O)O. The Morgan fingerprint density at radius 3 is 2.43 bits per heavy atom. The number of carbonyl (C=O) groups excluding carboxylic acids is 3. The molecule has 0 unspecified atom stereocenters. The van der Waals surface area contributed by atoms with Gasteiger partial charge >= 0.3 is 12.2 Å². The van der Waals surface area contributed by atoms with Crippen molar-refractivity contribution in [2.24, 2.45) is 0 Å². The fourth-order valence-corrected chi connectivity index (χ4v) is 3.04. The molecule has 2 N–H and O–H groups in total. The second kappa shape index (κ2) is 11.9. The maximum Gasteiger partial charge on any atom is 0.326 e. The molecule has 2 atom stereocenters. The maximum atomic E-state index is 12.2. The van der Waals surface area contributed by atoms with Crippen LogP contribution in [0.4, 0.5) is 0 Å². The van der Waals surface area contributed by atoms with Gasteiger partial charge in [-0.15, -0.1) is 0 Å². The quantitative estimate of drug-likeness (QED) is 0.312. The van der Waals surface area contributed by atoms with E-state index < -0.39 is 29.0 Å². The summed E-state index contributed by atoms with van der Waals surface area (Å²) in [6, 6.07) is -1.25. The number of nitrogens with zero attached hydrogens (tertiary/aromatic N) is 2. The fourth-order valence-electron chi connectivity index (χ4n) is 1.61. The number of nitrogens with one attached hydrogen (secondary N) is 1. The Balaban J connectivity index is 4.77. The van der Waals surface area contributed by atoms with Crippen molar-refractivity contribution in [3.8, 4) is 0 Å². The van der Waals surface area contributed by atoms with Crippen molar-refractivity contribution >= 4 is 52.5 Å². The Bertz CT molecular complexity index is 506. The highest BCUT2D eigenvalue weighted by Crippen LogP contribution is 2.18. The molecule has 0 aromatic rings. The van der Waals surface area contributed by atoms with Gasteiger partial charge in [0, 0.05) is 13.3 Å². The van der Waals surface area contributed by atoms with E-state index in [0.29, 0.717) is 18.4 Å². The fraction of sp³-hybridized carbons (Fsp3) is 0.615. The van der Waals surface area contributed by atoms with Crippen LogP contribution in [0.1, 0.15) is 26.2 Å². The van der Waals surface area contributed by atoms with E-state index in [1.807, 2.05) is 6.26 Å². The van der Waals surface area contributed by atoms with E-state index in [-0.39, 0.29) is 18.0 Å². The predicted molar refractivity (Wildman–Crippen MR) is 88.5 cm³/mol. The van der Waals surface area contributed by atoms with Gasteiger partial charge in [0.25, 0.3) is 0 Å². The van der Waals surface area contributed by atoms with Crippen LogP contribution in [0, 0.1) is 0 Å². The summed E-state index contributed by atoms with van der Waals surface area (Å²) in [4.78, 5) is 48.3. The highest BCUT2D eigenvalue weighted by Gasteiger charge is 2.27. The normalized spacial score (nSPS) is 12.6. The standard InChI is InChI=1S/C13H19N3O5S2/c1-8(17)23-11(5-6-22-2)12(19)16-10(13(20)21)4-3-9(18)7-15-14/h7,10-11H,3-6H2,1-2H3,(H,16,19)(H,20,21)/t10-,11-/m0/s1. The number of Topliss-reactive ketones (excluding diaryl/α,β-unsaturated/α-hetero) is 1. The zero-order valence-electron chi connectivity index (χ0n) is 12.9. The molecule has 0 fully saturated rings. The number of ketones is 1. The molecule has 0 saturated carbocycles. The Morgan fingerprint density at radius 1 is 1.30 bits per heavy atom. The van der Waals surface area contributed by atoms with E-state index in [4.69, 9.17) is 10.6 Å². The van der Waals surface area contributed by atoms with E-state index in [2.05, 4.69) is 10.1 Å². The van der Waals surface area contributed by atoms with Crippen molar-refractivity contribution < 1.29 is 29.1 Å². The van der Waals surface area contributed by atoms with Gasteiger partial charge in [-0.3, -0.25) is 14.4 Å². The molecule has 0 aromatic carbocycles. The van der Waals surface area contributed by atoms with Crippen LogP contribution in [0.5, 0.6) is 0 Å².